The van der Waals surface area contributed by atoms with Gasteiger partial charge in [-0.25, -0.2) is 9.97 Å². The van der Waals surface area contributed by atoms with Crippen LogP contribution in [0.4, 0.5) is 17.3 Å². The van der Waals surface area contributed by atoms with E-state index in [1.165, 1.54) is 0 Å². The van der Waals surface area contributed by atoms with E-state index in [0.717, 1.165) is 39.0 Å². The van der Waals surface area contributed by atoms with Gasteiger partial charge in [-0.15, -0.1) is 0 Å². The average Bonchev–Trinajstić information content (AvgIpc) is 2.69. The topological polar surface area (TPSA) is 62.7 Å². The summed E-state index contributed by atoms with van der Waals surface area (Å²) in [5.41, 5.74) is 4.98. The fraction of sp³-hybridized carbons (Fsp3) is 0.0952. The number of hydrogen-bond acceptors (Lipinski definition) is 5. The SMILES string of the molecule is CNc1ccc(C)c(Nc2nccc(-c3cncc4ccccc34)n2)c1. The van der Waals surface area contributed by atoms with Crippen LogP contribution < -0.4 is 10.6 Å². The molecule has 0 aliphatic rings. The number of nitrogens with zero attached hydrogens (tertiary/aromatic N) is 3. The van der Waals surface area contributed by atoms with Gasteiger partial charge in [-0.05, 0) is 36.1 Å². The average molecular weight is 341 g/mol. The Hall–Kier alpha value is -3.47. The van der Waals surface area contributed by atoms with Crippen molar-refractivity contribution in [3.63, 3.8) is 0 Å². The standard InChI is InChI=1S/C21H19N5/c1-14-7-8-16(22-2)11-20(14)26-21-24-10-9-19(25-21)18-13-23-12-15-5-3-4-6-17(15)18/h3-13,22H,1-2H3,(H,24,25,26). The molecule has 5 nitrogen and oxygen atoms in total. The molecule has 2 heterocycles. The third-order valence-corrected chi connectivity index (χ3v) is 4.37. The summed E-state index contributed by atoms with van der Waals surface area (Å²) >= 11 is 0. The van der Waals surface area contributed by atoms with E-state index in [1.54, 1.807) is 6.20 Å². The summed E-state index contributed by atoms with van der Waals surface area (Å²) < 4.78 is 0. The van der Waals surface area contributed by atoms with Crippen LogP contribution in [-0.4, -0.2) is 22.0 Å². The van der Waals surface area contributed by atoms with Crippen molar-refractivity contribution < 1.29 is 0 Å². The molecule has 0 aliphatic heterocycles. The molecule has 4 aromatic rings. The fourth-order valence-electron chi connectivity index (χ4n) is 2.92. The van der Waals surface area contributed by atoms with Crippen LogP contribution in [0.1, 0.15) is 5.56 Å². The third kappa shape index (κ3) is 3.07. The molecule has 2 N–H and O–H groups in total. The van der Waals surface area contributed by atoms with Crippen LogP contribution in [0.3, 0.4) is 0 Å². The maximum Gasteiger partial charge on any atom is 0.227 e. The Balaban J connectivity index is 1.73. The molecule has 0 amide bonds. The minimum absolute atomic E-state index is 0.562. The zero-order chi connectivity index (χ0) is 17.9. The maximum atomic E-state index is 4.70. The Kier molecular flexibility index (Phi) is 4.19. The molecule has 2 aromatic heterocycles. The number of pyridine rings is 1. The maximum absolute atomic E-state index is 4.70. The Morgan fingerprint density at radius 3 is 2.73 bits per heavy atom. The van der Waals surface area contributed by atoms with Gasteiger partial charge in [0, 0.05) is 48.0 Å². The van der Waals surface area contributed by atoms with E-state index in [9.17, 15) is 0 Å². The van der Waals surface area contributed by atoms with Gasteiger partial charge in [-0.1, -0.05) is 30.3 Å². The van der Waals surface area contributed by atoms with Crippen molar-refractivity contribution in [2.24, 2.45) is 0 Å². The number of aryl methyl sites for hydroxylation is 1. The number of fused-ring (bicyclic) bond motifs is 1. The first-order valence-electron chi connectivity index (χ1n) is 8.46. The molecule has 0 saturated heterocycles. The normalized spacial score (nSPS) is 10.7. The molecule has 0 fully saturated rings. The van der Waals surface area contributed by atoms with Gasteiger partial charge in [-0.2, -0.15) is 0 Å². The number of rotatable bonds is 4. The van der Waals surface area contributed by atoms with Crippen LogP contribution in [-0.2, 0) is 0 Å². The number of anilines is 3. The lowest BCUT2D eigenvalue weighted by Crippen LogP contribution is -2.00. The summed E-state index contributed by atoms with van der Waals surface area (Å²) in [7, 11) is 1.90. The molecular formula is C21H19N5. The summed E-state index contributed by atoms with van der Waals surface area (Å²) in [6.07, 6.45) is 5.48. The highest BCUT2D eigenvalue weighted by Gasteiger charge is 2.08. The van der Waals surface area contributed by atoms with E-state index in [0.29, 0.717) is 5.95 Å². The van der Waals surface area contributed by atoms with E-state index in [4.69, 9.17) is 4.98 Å². The fourth-order valence-corrected chi connectivity index (χ4v) is 2.92. The van der Waals surface area contributed by atoms with Crippen molar-refractivity contribution in [2.45, 2.75) is 6.92 Å². The van der Waals surface area contributed by atoms with Crippen molar-refractivity contribution >= 4 is 28.1 Å². The zero-order valence-electron chi connectivity index (χ0n) is 14.7. The molecule has 0 bridgehead atoms. The van der Waals surface area contributed by atoms with Gasteiger partial charge in [-0.3, -0.25) is 4.98 Å². The van der Waals surface area contributed by atoms with E-state index < -0.39 is 0 Å². The largest absolute Gasteiger partial charge is 0.388 e. The Bertz CT molecular complexity index is 1070. The molecule has 0 atom stereocenters. The predicted molar refractivity (Wildman–Crippen MR) is 107 cm³/mol. The molecule has 4 rings (SSSR count). The van der Waals surface area contributed by atoms with Gasteiger partial charge >= 0.3 is 0 Å². The van der Waals surface area contributed by atoms with E-state index in [2.05, 4.69) is 45.7 Å². The monoisotopic (exact) mass is 341 g/mol. The first-order valence-corrected chi connectivity index (χ1v) is 8.46. The molecular weight excluding hydrogens is 322 g/mol. The van der Waals surface area contributed by atoms with Crippen LogP contribution in [0.5, 0.6) is 0 Å². The second-order valence-electron chi connectivity index (χ2n) is 6.08. The number of hydrogen-bond donors (Lipinski definition) is 2. The highest BCUT2D eigenvalue weighted by atomic mass is 15.1. The van der Waals surface area contributed by atoms with E-state index >= 15 is 0 Å². The highest BCUT2D eigenvalue weighted by Crippen LogP contribution is 2.27. The van der Waals surface area contributed by atoms with Crippen LogP contribution >= 0.6 is 0 Å². The van der Waals surface area contributed by atoms with Crippen molar-refractivity contribution in [3.8, 4) is 11.3 Å². The van der Waals surface area contributed by atoms with Gasteiger partial charge in [0.2, 0.25) is 5.95 Å². The zero-order valence-corrected chi connectivity index (χ0v) is 14.7. The van der Waals surface area contributed by atoms with E-state index in [-0.39, 0.29) is 0 Å². The lowest BCUT2D eigenvalue weighted by atomic mass is 10.1. The minimum atomic E-state index is 0.562. The Labute approximate surface area is 152 Å². The molecule has 0 aliphatic carbocycles. The molecule has 2 aromatic carbocycles. The first-order chi connectivity index (χ1) is 12.7. The Morgan fingerprint density at radius 2 is 1.85 bits per heavy atom. The molecule has 26 heavy (non-hydrogen) atoms. The minimum Gasteiger partial charge on any atom is -0.388 e. The second kappa shape index (κ2) is 6.80. The summed E-state index contributed by atoms with van der Waals surface area (Å²) in [5.74, 6) is 0.562. The van der Waals surface area contributed by atoms with Crippen LogP contribution in [0.15, 0.2) is 67.1 Å². The van der Waals surface area contributed by atoms with Crippen molar-refractivity contribution in [2.75, 3.05) is 17.7 Å². The van der Waals surface area contributed by atoms with Gasteiger partial charge < -0.3 is 10.6 Å². The second-order valence-corrected chi connectivity index (χ2v) is 6.08. The molecule has 5 heteroatoms. The van der Waals surface area contributed by atoms with Gasteiger partial charge in [0.1, 0.15) is 0 Å². The van der Waals surface area contributed by atoms with Gasteiger partial charge in [0.25, 0.3) is 0 Å². The van der Waals surface area contributed by atoms with Crippen LogP contribution in [0.25, 0.3) is 22.0 Å². The number of benzene rings is 2. The van der Waals surface area contributed by atoms with Crippen LogP contribution in [0.2, 0.25) is 0 Å². The first kappa shape index (κ1) is 16.0. The summed E-state index contributed by atoms with van der Waals surface area (Å²) in [5, 5.41) is 8.69. The third-order valence-electron chi connectivity index (χ3n) is 4.37. The summed E-state index contributed by atoms with van der Waals surface area (Å²) in [6.45, 7) is 2.06. The molecule has 0 radical (unpaired) electrons. The lowest BCUT2D eigenvalue weighted by Gasteiger charge is -2.11. The molecule has 0 unspecified atom stereocenters. The predicted octanol–water partition coefficient (Wildman–Crippen LogP) is 4.79. The highest BCUT2D eigenvalue weighted by molar-refractivity contribution is 5.94. The van der Waals surface area contributed by atoms with Crippen molar-refractivity contribution in [3.05, 3.63) is 72.7 Å². The van der Waals surface area contributed by atoms with Crippen molar-refractivity contribution in [1.29, 1.82) is 0 Å². The molecule has 0 spiro atoms. The van der Waals surface area contributed by atoms with Crippen molar-refractivity contribution in [1.82, 2.24) is 15.0 Å². The molecule has 0 saturated carbocycles. The number of aromatic nitrogens is 3. The number of nitrogens with one attached hydrogen (secondary N) is 2. The quantitative estimate of drug-likeness (QED) is 0.559. The molecule has 128 valence electrons. The van der Waals surface area contributed by atoms with Crippen LogP contribution in [0, 0.1) is 6.92 Å². The van der Waals surface area contributed by atoms with Gasteiger partial charge in [0.15, 0.2) is 0 Å². The van der Waals surface area contributed by atoms with E-state index in [1.807, 2.05) is 49.8 Å². The van der Waals surface area contributed by atoms with Gasteiger partial charge in [0.05, 0.1) is 5.69 Å². The Morgan fingerprint density at radius 1 is 0.962 bits per heavy atom. The summed E-state index contributed by atoms with van der Waals surface area (Å²) in [4.78, 5) is 13.4. The smallest absolute Gasteiger partial charge is 0.227 e. The summed E-state index contributed by atoms with van der Waals surface area (Å²) in [6, 6.07) is 16.2. The lowest BCUT2D eigenvalue weighted by molar-refractivity contribution is 1.16.